The molecule has 2 aromatic carbocycles. The second-order valence-electron chi connectivity index (χ2n) is 6.52. The molecule has 2 N–H and O–H groups in total. The first-order chi connectivity index (χ1) is 13.1. The molecule has 27 heavy (non-hydrogen) atoms. The monoisotopic (exact) mass is 398 g/mol. The lowest BCUT2D eigenvalue weighted by atomic mass is 10.0. The number of fused-ring (bicyclic) bond motifs is 2. The van der Waals surface area contributed by atoms with E-state index in [9.17, 15) is 9.18 Å². The molecule has 0 spiro atoms. The van der Waals surface area contributed by atoms with Crippen LogP contribution in [0.1, 0.15) is 6.42 Å². The molecule has 0 radical (unpaired) electrons. The molecule has 8 heteroatoms. The van der Waals surface area contributed by atoms with E-state index in [-0.39, 0.29) is 5.91 Å². The highest BCUT2D eigenvalue weighted by atomic mass is 32.2. The molecule has 5 rings (SSSR count). The van der Waals surface area contributed by atoms with E-state index in [0.29, 0.717) is 11.6 Å². The minimum atomic E-state index is -1.01. The van der Waals surface area contributed by atoms with Crippen LogP contribution in [0.4, 0.5) is 9.52 Å². The summed E-state index contributed by atoms with van der Waals surface area (Å²) in [6.45, 7) is 0. The number of thioether (sulfide) groups is 1. The number of benzene rings is 2. The number of aromatic amines is 1. The number of carbonyl (C=O) groups is 1. The smallest absolute Gasteiger partial charge is 0.232 e. The zero-order valence-electron chi connectivity index (χ0n) is 14.3. The molecule has 2 atom stereocenters. The second-order valence-corrected chi connectivity index (χ2v) is 8.40. The van der Waals surface area contributed by atoms with Gasteiger partial charge in [0.2, 0.25) is 5.91 Å². The van der Waals surface area contributed by atoms with Gasteiger partial charge in [0.05, 0.1) is 27.8 Å². The maximum Gasteiger partial charge on any atom is 0.232 e. The van der Waals surface area contributed by atoms with Gasteiger partial charge in [-0.05, 0) is 42.0 Å². The van der Waals surface area contributed by atoms with Gasteiger partial charge in [-0.25, -0.2) is 9.37 Å². The number of rotatable bonds is 4. The Morgan fingerprint density at radius 1 is 1.37 bits per heavy atom. The van der Waals surface area contributed by atoms with Crippen molar-refractivity contribution in [1.29, 1.82) is 0 Å². The van der Waals surface area contributed by atoms with E-state index in [4.69, 9.17) is 0 Å². The van der Waals surface area contributed by atoms with Crippen LogP contribution in [0.2, 0.25) is 0 Å². The van der Waals surface area contributed by atoms with Gasteiger partial charge in [-0.3, -0.25) is 9.89 Å². The summed E-state index contributed by atoms with van der Waals surface area (Å²) < 4.78 is 14.0. The maximum atomic E-state index is 13.0. The highest BCUT2D eigenvalue weighted by molar-refractivity contribution is 7.98. The summed E-state index contributed by atoms with van der Waals surface area (Å²) in [5, 5.41) is 11.6. The SMILES string of the molecule is CSc1ccc(-c2ccc3nc(NC(=O)[C@@H]4C[C@@H]4F)sc3c2)c2cn[nH]c12. The Bertz CT molecular complexity index is 1190. The number of aromatic nitrogens is 3. The van der Waals surface area contributed by atoms with Gasteiger partial charge in [0, 0.05) is 10.3 Å². The molecule has 136 valence electrons. The Balaban J connectivity index is 1.51. The van der Waals surface area contributed by atoms with E-state index in [2.05, 4.69) is 38.7 Å². The van der Waals surface area contributed by atoms with Crippen molar-refractivity contribution in [2.45, 2.75) is 17.5 Å². The van der Waals surface area contributed by atoms with Gasteiger partial charge in [0.1, 0.15) is 6.17 Å². The summed E-state index contributed by atoms with van der Waals surface area (Å²) in [6.07, 6.45) is 3.19. The van der Waals surface area contributed by atoms with E-state index < -0.39 is 12.1 Å². The van der Waals surface area contributed by atoms with Crippen LogP contribution in [-0.2, 0) is 4.79 Å². The molecule has 1 amide bonds. The zero-order valence-corrected chi connectivity index (χ0v) is 16.0. The summed E-state index contributed by atoms with van der Waals surface area (Å²) in [5.41, 5.74) is 4.00. The molecule has 2 aromatic heterocycles. The van der Waals surface area contributed by atoms with E-state index >= 15 is 0 Å². The van der Waals surface area contributed by atoms with Crippen molar-refractivity contribution in [2.24, 2.45) is 5.92 Å². The lowest BCUT2D eigenvalue weighted by molar-refractivity contribution is -0.117. The first kappa shape index (κ1) is 16.7. The summed E-state index contributed by atoms with van der Waals surface area (Å²) in [5.74, 6) is -0.800. The Hall–Kier alpha value is -2.45. The molecule has 0 aliphatic heterocycles. The van der Waals surface area contributed by atoms with Crippen LogP contribution < -0.4 is 5.32 Å². The van der Waals surface area contributed by atoms with E-state index in [0.717, 1.165) is 37.1 Å². The molecular formula is C19H15FN4OS2. The largest absolute Gasteiger partial charge is 0.302 e. The fourth-order valence-electron chi connectivity index (χ4n) is 3.21. The molecule has 0 bridgehead atoms. The summed E-state index contributed by atoms with van der Waals surface area (Å²) in [7, 11) is 0. The molecule has 0 unspecified atom stereocenters. The molecule has 1 aliphatic rings. The van der Waals surface area contributed by atoms with Gasteiger partial charge < -0.3 is 5.32 Å². The minimum Gasteiger partial charge on any atom is -0.302 e. The van der Waals surface area contributed by atoms with E-state index in [1.807, 2.05) is 24.6 Å². The lowest BCUT2D eigenvalue weighted by Gasteiger charge is -2.06. The Labute approximate surface area is 162 Å². The second kappa shape index (κ2) is 6.31. The summed E-state index contributed by atoms with van der Waals surface area (Å²) >= 11 is 3.08. The number of hydrogen-bond donors (Lipinski definition) is 2. The molecular weight excluding hydrogens is 383 g/mol. The minimum absolute atomic E-state index is 0.283. The first-order valence-electron chi connectivity index (χ1n) is 8.50. The van der Waals surface area contributed by atoms with Gasteiger partial charge in [-0.15, -0.1) is 11.8 Å². The fourth-order valence-corrected chi connectivity index (χ4v) is 4.68. The summed E-state index contributed by atoms with van der Waals surface area (Å²) in [4.78, 5) is 17.5. The topological polar surface area (TPSA) is 70.7 Å². The van der Waals surface area contributed by atoms with Crippen molar-refractivity contribution in [3.05, 3.63) is 36.5 Å². The summed E-state index contributed by atoms with van der Waals surface area (Å²) in [6, 6.07) is 10.2. The van der Waals surface area contributed by atoms with Crippen molar-refractivity contribution in [1.82, 2.24) is 15.2 Å². The number of nitrogens with zero attached hydrogens (tertiary/aromatic N) is 2. The van der Waals surface area contributed by atoms with Gasteiger partial charge in [-0.1, -0.05) is 23.5 Å². The van der Waals surface area contributed by atoms with Crippen LogP contribution in [0.25, 0.3) is 32.2 Å². The number of nitrogens with one attached hydrogen (secondary N) is 2. The zero-order chi connectivity index (χ0) is 18.5. The average molecular weight is 398 g/mol. The van der Waals surface area contributed by atoms with Crippen LogP contribution in [0.15, 0.2) is 41.4 Å². The average Bonchev–Trinajstić information content (AvgIpc) is 3.07. The molecule has 4 aromatic rings. The predicted octanol–water partition coefficient (Wildman–Crippen LogP) is 4.86. The highest BCUT2D eigenvalue weighted by Gasteiger charge is 2.43. The molecule has 1 fully saturated rings. The third-order valence-electron chi connectivity index (χ3n) is 4.78. The van der Waals surface area contributed by atoms with Crippen LogP contribution in [0, 0.1) is 5.92 Å². The van der Waals surface area contributed by atoms with Gasteiger partial charge in [0.15, 0.2) is 5.13 Å². The van der Waals surface area contributed by atoms with Crippen LogP contribution in [-0.4, -0.2) is 33.5 Å². The van der Waals surface area contributed by atoms with E-state index in [1.165, 1.54) is 11.3 Å². The lowest BCUT2D eigenvalue weighted by Crippen LogP contribution is -2.14. The first-order valence-corrected chi connectivity index (χ1v) is 10.5. The van der Waals surface area contributed by atoms with Crippen molar-refractivity contribution >= 4 is 55.3 Å². The highest BCUT2D eigenvalue weighted by Crippen LogP contribution is 2.38. The number of halogens is 1. The Morgan fingerprint density at radius 2 is 2.22 bits per heavy atom. The van der Waals surface area contributed by atoms with Crippen molar-refractivity contribution < 1.29 is 9.18 Å². The number of hydrogen-bond acceptors (Lipinski definition) is 5. The van der Waals surface area contributed by atoms with Gasteiger partial charge in [-0.2, -0.15) is 5.10 Å². The van der Waals surface area contributed by atoms with E-state index in [1.54, 1.807) is 11.8 Å². The van der Waals surface area contributed by atoms with Crippen LogP contribution in [0.5, 0.6) is 0 Å². The van der Waals surface area contributed by atoms with Gasteiger partial charge in [0.25, 0.3) is 0 Å². The Kier molecular flexibility index (Phi) is 3.91. The number of anilines is 1. The number of amides is 1. The number of carbonyl (C=O) groups excluding carboxylic acids is 1. The third kappa shape index (κ3) is 2.89. The van der Waals surface area contributed by atoms with Gasteiger partial charge >= 0.3 is 0 Å². The van der Waals surface area contributed by atoms with Crippen molar-refractivity contribution in [3.8, 4) is 11.1 Å². The Morgan fingerprint density at radius 3 is 3.00 bits per heavy atom. The number of alkyl halides is 1. The van der Waals surface area contributed by atoms with Crippen LogP contribution >= 0.6 is 23.1 Å². The molecule has 0 saturated heterocycles. The quantitative estimate of drug-likeness (QED) is 0.482. The number of thiazole rings is 1. The standard InChI is InChI=1S/C19H15FN4OS2/c1-26-15-5-3-10(12-8-21-24-17(12)15)9-2-4-14-16(6-9)27-19(22-14)23-18(25)11-7-13(11)20/h2-6,8,11,13H,7H2,1H3,(H,21,24)(H,22,23,25)/t11-,13+/m1/s1. The third-order valence-corrected chi connectivity index (χ3v) is 6.49. The fraction of sp³-hybridized carbons (Fsp3) is 0.211. The molecule has 5 nitrogen and oxygen atoms in total. The maximum absolute atomic E-state index is 13.0. The van der Waals surface area contributed by atoms with Crippen LogP contribution in [0.3, 0.4) is 0 Å². The van der Waals surface area contributed by atoms with Crippen molar-refractivity contribution in [3.63, 3.8) is 0 Å². The normalized spacial score (nSPS) is 18.9. The molecule has 1 aliphatic carbocycles. The molecule has 1 saturated carbocycles. The predicted molar refractivity (Wildman–Crippen MR) is 108 cm³/mol. The molecule has 2 heterocycles. The van der Waals surface area contributed by atoms with Crippen molar-refractivity contribution in [2.75, 3.05) is 11.6 Å². The number of H-pyrrole nitrogens is 1.